The standard InChI is InChI=1S/C24H25NO6/c1-15-11-22(27)31-20-12-18(9-10-19(15)20)29-14-23(28)30-13-21(26)25-17-7-5-16(6-8-17)24(2,3)4/h5-12H,13-14H2,1-4H3,(H,25,26). The smallest absolute Gasteiger partial charge is 0.344 e. The van der Waals surface area contributed by atoms with Crippen LogP contribution in [0.4, 0.5) is 5.69 Å². The molecule has 2 aromatic carbocycles. The molecule has 0 fully saturated rings. The molecule has 1 aromatic heterocycles. The maximum absolute atomic E-state index is 12.0. The lowest BCUT2D eigenvalue weighted by Crippen LogP contribution is -2.23. The van der Waals surface area contributed by atoms with Crippen LogP contribution in [0, 0.1) is 6.92 Å². The quantitative estimate of drug-likeness (QED) is 0.476. The highest BCUT2D eigenvalue weighted by Crippen LogP contribution is 2.24. The molecule has 3 aromatic rings. The van der Waals surface area contributed by atoms with Crippen molar-refractivity contribution in [2.45, 2.75) is 33.1 Å². The minimum absolute atomic E-state index is 0.0211. The first-order valence-electron chi connectivity index (χ1n) is 9.85. The Labute approximate surface area is 180 Å². The van der Waals surface area contributed by atoms with Crippen molar-refractivity contribution in [1.29, 1.82) is 0 Å². The van der Waals surface area contributed by atoms with Crippen molar-refractivity contribution < 1.29 is 23.5 Å². The second-order valence-corrected chi connectivity index (χ2v) is 8.23. The normalized spacial score (nSPS) is 11.2. The minimum atomic E-state index is -0.691. The van der Waals surface area contributed by atoms with Crippen LogP contribution < -0.4 is 15.7 Å². The number of nitrogens with one attached hydrogen (secondary N) is 1. The average Bonchev–Trinajstić information content (AvgIpc) is 2.70. The summed E-state index contributed by atoms with van der Waals surface area (Å²) >= 11 is 0. The highest BCUT2D eigenvalue weighted by Gasteiger charge is 2.14. The van der Waals surface area contributed by atoms with E-state index in [9.17, 15) is 14.4 Å². The van der Waals surface area contributed by atoms with E-state index in [1.54, 1.807) is 19.1 Å². The van der Waals surface area contributed by atoms with Gasteiger partial charge in [0.15, 0.2) is 13.2 Å². The lowest BCUT2D eigenvalue weighted by Gasteiger charge is -2.19. The first kappa shape index (κ1) is 22.1. The Bertz CT molecular complexity index is 1160. The maximum Gasteiger partial charge on any atom is 0.344 e. The van der Waals surface area contributed by atoms with E-state index < -0.39 is 24.1 Å². The van der Waals surface area contributed by atoms with E-state index in [1.807, 2.05) is 24.3 Å². The van der Waals surface area contributed by atoms with Gasteiger partial charge in [-0.3, -0.25) is 4.79 Å². The predicted octanol–water partition coefficient (Wildman–Crippen LogP) is 3.96. The number of esters is 1. The molecule has 7 nitrogen and oxygen atoms in total. The van der Waals surface area contributed by atoms with Crippen LogP contribution in [0.1, 0.15) is 31.9 Å². The second kappa shape index (κ2) is 9.04. The monoisotopic (exact) mass is 423 g/mol. The molecule has 0 spiro atoms. The number of ether oxygens (including phenoxy) is 2. The highest BCUT2D eigenvalue weighted by atomic mass is 16.6. The number of carbonyl (C=O) groups excluding carboxylic acids is 2. The summed E-state index contributed by atoms with van der Waals surface area (Å²) in [5.41, 5.74) is 2.49. The van der Waals surface area contributed by atoms with Crippen LogP contribution in [0.15, 0.2) is 57.7 Å². The molecule has 1 heterocycles. The molecule has 31 heavy (non-hydrogen) atoms. The molecule has 3 rings (SSSR count). The zero-order valence-corrected chi connectivity index (χ0v) is 18.0. The van der Waals surface area contributed by atoms with E-state index in [-0.39, 0.29) is 12.0 Å². The summed E-state index contributed by atoms with van der Waals surface area (Å²) in [7, 11) is 0. The molecule has 0 aliphatic carbocycles. The van der Waals surface area contributed by atoms with E-state index in [1.165, 1.54) is 12.1 Å². The van der Waals surface area contributed by atoms with Crippen LogP contribution in [0.5, 0.6) is 5.75 Å². The summed E-state index contributed by atoms with van der Waals surface area (Å²) in [5, 5.41) is 3.46. The van der Waals surface area contributed by atoms with Gasteiger partial charge < -0.3 is 19.2 Å². The molecule has 0 aliphatic rings. The fraction of sp³-hybridized carbons (Fsp3) is 0.292. The molecule has 0 aliphatic heterocycles. The van der Waals surface area contributed by atoms with Crippen molar-refractivity contribution in [3.8, 4) is 5.75 Å². The van der Waals surface area contributed by atoms with E-state index in [4.69, 9.17) is 13.9 Å². The van der Waals surface area contributed by atoms with Gasteiger partial charge in [-0.05, 0) is 47.7 Å². The van der Waals surface area contributed by atoms with Crippen LogP contribution in [0.2, 0.25) is 0 Å². The third-order valence-electron chi connectivity index (χ3n) is 4.68. The second-order valence-electron chi connectivity index (χ2n) is 8.23. The SMILES string of the molecule is Cc1cc(=O)oc2cc(OCC(=O)OCC(=O)Nc3ccc(C(C)(C)C)cc3)ccc12. The maximum atomic E-state index is 12.0. The number of amides is 1. The third kappa shape index (κ3) is 5.94. The summed E-state index contributed by atoms with van der Waals surface area (Å²) in [5.74, 6) is -0.787. The van der Waals surface area contributed by atoms with Gasteiger partial charge in [-0.1, -0.05) is 32.9 Å². The first-order valence-corrected chi connectivity index (χ1v) is 9.85. The molecule has 0 atom stereocenters. The molecule has 7 heteroatoms. The Morgan fingerprint density at radius 3 is 2.39 bits per heavy atom. The van der Waals surface area contributed by atoms with Crippen molar-refractivity contribution in [1.82, 2.24) is 0 Å². The molecule has 0 unspecified atom stereocenters. The van der Waals surface area contributed by atoms with E-state index in [0.29, 0.717) is 17.0 Å². The van der Waals surface area contributed by atoms with Crippen LogP contribution >= 0.6 is 0 Å². The van der Waals surface area contributed by atoms with Crippen LogP contribution in [-0.4, -0.2) is 25.1 Å². The summed E-state index contributed by atoms with van der Waals surface area (Å²) in [4.78, 5) is 35.4. The molecule has 0 saturated heterocycles. The summed E-state index contributed by atoms with van der Waals surface area (Å²) in [6.07, 6.45) is 0. The van der Waals surface area contributed by atoms with E-state index in [0.717, 1.165) is 16.5 Å². The molecule has 162 valence electrons. The van der Waals surface area contributed by atoms with Gasteiger partial charge in [0, 0.05) is 23.2 Å². The molecule has 0 saturated carbocycles. The molecular weight excluding hydrogens is 398 g/mol. The predicted molar refractivity (Wildman–Crippen MR) is 117 cm³/mol. The van der Waals surface area contributed by atoms with Gasteiger partial charge in [-0.15, -0.1) is 0 Å². The Balaban J connectivity index is 1.48. The number of aryl methyl sites for hydroxylation is 1. The number of fused-ring (bicyclic) bond motifs is 1. The number of hydrogen-bond donors (Lipinski definition) is 1. The third-order valence-corrected chi connectivity index (χ3v) is 4.68. The van der Waals surface area contributed by atoms with Gasteiger partial charge in [-0.25, -0.2) is 9.59 Å². The molecule has 1 amide bonds. The number of carbonyl (C=O) groups is 2. The van der Waals surface area contributed by atoms with Gasteiger partial charge in [0.25, 0.3) is 5.91 Å². The number of anilines is 1. The van der Waals surface area contributed by atoms with Crippen LogP contribution in [0.3, 0.4) is 0 Å². The number of benzene rings is 2. The summed E-state index contributed by atoms with van der Waals surface area (Å²) in [6.45, 7) is 7.33. The van der Waals surface area contributed by atoms with Crippen molar-refractivity contribution in [3.63, 3.8) is 0 Å². The molecule has 1 N–H and O–H groups in total. The Morgan fingerprint density at radius 1 is 1.00 bits per heavy atom. The van der Waals surface area contributed by atoms with Gasteiger partial charge in [0.2, 0.25) is 0 Å². The van der Waals surface area contributed by atoms with Gasteiger partial charge in [0.1, 0.15) is 11.3 Å². The fourth-order valence-electron chi connectivity index (χ4n) is 2.98. The van der Waals surface area contributed by atoms with Crippen molar-refractivity contribution in [2.75, 3.05) is 18.5 Å². The van der Waals surface area contributed by atoms with Crippen molar-refractivity contribution in [3.05, 3.63) is 70.1 Å². The Morgan fingerprint density at radius 2 is 1.71 bits per heavy atom. The van der Waals surface area contributed by atoms with Crippen LogP contribution in [0.25, 0.3) is 11.0 Å². The minimum Gasteiger partial charge on any atom is -0.482 e. The topological polar surface area (TPSA) is 94.8 Å². The lowest BCUT2D eigenvalue weighted by atomic mass is 9.87. The van der Waals surface area contributed by atoms with E-state index in [2.05, 4.69) is 26.1 Å². The van der Waals surface area contributed by atoms with E-state index >= 15 is 0 Å². The fourth-order valence-corrected chi connectivity index (χ4v) is 2.98. The average molecular weight is 423 g/mol. The number of hydrogen-bond acceptors (Lipinski definition) is 6. The summed E-state index contributed by atoms with van der Waals surface area (Å²) in [6, 6.07) is 13.9. The van der Waals surface area contributed by atoms with Crippen molar-refractivity contribution in [2.24, 2.45) is 0 Å². The van der Waals surface area contributed by atoms with Gasteiger partial charge in [-0.2, -0.15) is 0 Å². The molecule has 0 bridgehead atoms. The number of rotatable bonds is 6. The largest absolute Gasteiger partial charge is 0.482 e. The first-order chi connectivity index (χ1) is 14.6. The van der Waals surface area contributed by atoms with Gasteiger partial charge >= 0.3 is 11.6 Å². The van der Waals surface area contributed by atoms with Crippen LogP contribution in [-0.2, 0) is 19.7 Å². The highest BCUT2D eigenvalue weighted by molar-refractivity contribution is 5.92. The summed E-state index contributed by atoms with van der Waals surface area (Å²) < 4.78 is 15.5. The molecular formula is C24H25NO6. The van der Waals surface area contributed by atoms with Gasteiger partial charge in [0.05, 0.1) is 0 Å². The zero-order chi connectivity index (χ0) is 22.6. The van der Waals surface area contributed by atoms with Crippen molar-refractivity contribution >= 4 is 28.5 Å². The Kier molecular flexibility index (Phi) is 6.44. The lowest BCUT2D eigenvalue weighted by molar-refractivity contribution is -0.149. The zero-order valence-electron chi connectivity index (χ0n) is 18.0. The molecule has 0 radical (unpaired) electrons. The Hall–Kier alpha value is -3.61.